The molecule has 1 N–H and O–H groups in total. The van der Waals surface area contributed by atoms with Gasteiger partial charge in [-0.25, -0.2) is 4.98 Å². The van der Waals surface area contributed by atoms with Crippen LogP contribution in [0.1, 0.15) is 18.4 Å². The number of hydrogen-bond acceptors (Lipinski definition) is 5. The van der Waals surface area contributed by atoms with E-state index in [1.165, 1.54) is 11.3 Å². The lowest BCUT2D eigenvalue weighted by Gasteiger charge is -2.36. The summed E-state index contributed by atoms with van der Waals surface area (Å²) in [6.07, 6.45) is 6.60. The van der Waals surface area contributed by atoms with E-state index >= 15 is 0 Å². The summed E-state index contributed by atoms with van der Waals surface area (Å²) in [7, 11) is 0. The van der Waals surface area contributed by atoms with E-state index in [4.69, 9.17) is 9.15 Å². The van der Waals surface area contributed by atoms with Crippen molar-refractivity contribution in [3.8, 4) is 11.5 Å². The Kier molecular flexibility index (Phi) is 4.89. The van der Waals surface area contributed by atoms with E-state index in [0.717, 1.165) is 48.4 Å². The highest BCUT2D eigenvalue weighted by Gasteiger charge is 2.34. The molecule has 3 heterocycles. The number of nitrogens with one attached hydrogen (secondary N) is 1. The number of aromatic nitrogens is 1. The first-order valence-electron chi connectivity index (χ1n) is 11.2. The second-order valence-electron chi connectivity index (χ2n) is 8.33. The number of anilines is 2. The highest BCUT2D eigenvalue weighted by molar-refractivity contribution is 5.83. The number of para-hydroxylation sites is 2. The molecule has 0 spiro atoms. The summed E-state index contributed by atoms with van der Waals surface area (Å²) >= 11 is 0. The molecule has 4 aromatic rings. The van der Waals surface area contributed by atoms with E-state index in [1.807, 2.05) is 30.3 Å². The first-order valence-corrected chi connectivity index (χ1v) is 11.2. The second kappa shape index (κ2) is 8.17. The lowest BCUT2D eigenvalue weighted by Crippen LogP contribution is -2.45. The third-order valence-corrected chi connectivity index (χ3v) is 6.27. The van der Waals surface area contributed by atoms with E-state index in [9.17, 15) is 0 Å². The average Bonchev–Trinajstić information content (AvgIpc) is 3.45. The van der Waals surface area contributed by atoms with Crippen LogP contribution >= 0.6 is 0 Å². The van der Waals surface area contributed by atoms with Gasteiger partial charge in [-0.05, 0) is 54.8 Å². The van der Waals surface area contributed by atoms with E-state index in [0.29, 0.717) is 11.9 Å². The van der Waals surface area contributed by atoms with Gasteiger partial charge in [0, 0.05) is 24.8 Å². The van der Waals surface area contributed by atoms with Crippen LogP contribution in [-0.4, -0.2) is 30.4 Å². The number of hydrogen-bond donors (Lipinski definition) is 1. The molecule has 1 aromatic heterocycles. The first-order chi connectivity index (χ1) is 15.8. The summed E-state index contributed by atoms with van der Waals surface area (Å²) in [6.45, 7) is 1.62. The summed E-state index contributed by atoms with van der Waals surface area (Å²) < 4.78 is 11.6. The van der Waals surface area contributed by atoms with Gasteiger partial charge in [0.25, 0.3) is 0 Å². The van der Waals surface area contributed by atoms with Crippen LogP contribution in [0.5, 0.6) is 0 Å². The molecule has 2 aliphatic heterocycles. The number of rotatable bonds is 4. The Morgan fingerprint density at radius 3 is 2.59 bits per heavy atom. The summed E-state index contributed by atoms with van der Waals surface area (Å²) in [5.41, 5.74) is 6.20. The molecule has 1 saturated heterocycles. The summed E-state index contributed by atoms with van der Waals surface area (Å²) in [4.78, 5) is 7.18. The lowest BCUT2D eigenvalue weighted by atomic mass is 10.0. The Bertz CT molecular complexity index is 1230. The molecule has 5 nitrogen and oxygen atoms in total. The lowest BCUT2D eigenvalue weighted by molar-refractivity contribution is 0.0841. The Hall–Kier alpha value is -3.57. The molecule has 2 aliphatic rings. The van der Waals surface area contributed by atoms with Crippen molar-refractivity contribution < 1.29 is 9.15 Å². The Labute approximate surface area is 187 Å². The zero-order valence-electron chi connectivity index (χ0n) is 17.8. The molecule has 1 fully saturated rings. The van der Waals surface area contributed by atoms with E-state index < -0.39 is 0 Å². The van der Waals surface area contributed by atoms with Crippen molar-refractivity contribution >= 4 is 28.6 Å². The number of ether oxygens (including phenoxy) is 1. The van der Waals surface area contributed by atoms with Gasteiger partial charge in [-0.2, -0.15) is 0 Å². The quantitative estimate of drug-likeness (QED) is 0.440. The Morgan fingerprint density at radius 1 is 0.938 bits per heavy atom. The molecule has 32 heavy (non-hydrogen) atoms. The topological polar surface area (TPSA) is 50.5 Å². The van der Waals surface area contributed by atoms with Gasteiger partial charge in [-0.3, -0.25) is 0 Å². The normalized spacial score (nSPS) is 18.9. The van der Waals surface area contributed by atoms with Crippen LogP contribution in [0.3, 0.4) is 0 Å². The monoisotopic (exact) mass is 423 g/mol. The number of benzene rings is 3. The molecule has 5 heteroatoms. The van der Waals surface area contributed by atoms with Crippen molar-refractivity contribution in [2.24, 2.45) is 0 Å². The SMILES string of the molecule is C(=C\C1Nc2cc(-c3nc4ccccc4o3)ccc2N1C1CCOCC1)/c1ccccc1. The smallest absolute Gasteiger partial charge is 0.227 e. The molecule has 1 unspecified atom stereocenters. The summed E-state index contributed by atoms with van der Waals surface area (Å²) in [5.74, 6) is 0.650. The summed E-state index contributed by atoms with van der Waals surface area (Å²) in [5, 5.41) is 3.72. The van der Waals surface area contributed by atoms with Gasteiger partial charge in [-0.1, -0.05) is 48.5 Å². The van der Waals surface area contributed by atoms with Crippen LogP contribution < -0.4 is 10.2 Å². The third kappa shape index (κ3) is 3.55. The van der Waals surface area contributed by atoms with E-state index in [-0.39, 0.29) is 6.17 Å². The standard InChI is InChI=1S/C27H25N3O2/c1-2-6-19(7-3-1)10-13-26-28-23-18-20(27-29-22-8-4-5-9-25(22)32-27)11-12-24(23)30(26)21-14-16-31-17-15-21/h1-13,18,21,26,28H,14-17H2/b13-10+. The molecule has 3 aromatic carbocycles. The van der Waals surface area contributed by atoms with Crippen molar-refractivity contribution in [2.45, 2.75) is 25.0 Å². The van der Waals surface area contributed by atoms with Gasteiger partial charge in [0.15, 0.2) is 5.58 Å². The van der Waals surface area contributed by atoms with Crippen molar-refractivity contribution in [3.05, 3.63) is 84.4 Å². The van der Waals surface area contributed by atoms with Crippen molar-refractivity contribution in [1.82, 2.24) is 4.98 Å². The minimum absolute atomic E-state index is 0.0900. The van der Waals surface area contributed by atoms with Crippen LogP contribution in [0.25, 0.3) is 28.6 Å². The van der Waals surface area contributed by atoms with Crippen LogP contribution in [-0.2, 0) is 4.74 Å². The average molecular weight is 424 g/mol. The molecule has 0 radical (unpaired) electrons. The highest BCUT2D eigenvalue weighted by Crippen LogP contribution is 2.41. The van der Waals surface area contributed by atoms with Gasteiger partial charge in [0.1, 0.15) is 11.7 Å². The van der Waals surface area contributed by atoms with Gasteiger partial charge in [0.05, 0.1) is 11.4 Å². The molecular formula is C27H25N3O2. The fourth-order valence-corrected chi connectivity index (χ4v) is 4.68. The molecule has 160 valence electrons. The Balaban J connectivity index is 1.35. The molecule has 0 saturated carbocycles. The maximum Gasteiger partial charge on any atom is 0.227 e. The van der Waals surface area contributed by atoms with E-state index in [1.54, 1.807) is 0 Å². The van der Waals surface area contributed by atoms with Gasteiger partial charge in [0.2, 0.25) is 5.89 Å². The number of oxazole rings is 1. The maximum atomic E-state index is 6.01. The summed E-state index contributed by atoms with van der Waals surface area (Å²) in [6, 6.07) is 25.2. The zero-order chi connectivity index (χ0) is 21.3. The van der Waals surface area contributed by atoms with Crippen LogP contribution in [0.15, 0.2) is 83.3 Å². The molecular weight excluding hydrogens is 398 g/mol. The third-order valence-electron chi connectivity index (χ3n) is 6.27. The van der Waals surface area contributed by atoms with Crippen molar-refractivity contribution in [3.63, 3.8) is 0 Å². The maximum absolute atomic E-state index is 6.01. The Morgan fingerprint density at radius 2 is 1.75 bits per heavy atom. The van der Waals surface area contributed by atoms with Gasteiger partial charge in [-0.15, -0.1) is 0 Å². The molecule has 6 rings (SSSR count). The minimum Gasteiger partial charge on any atom is -0.436 e. The van der Waals surface area contributed by atoms with Gasteiger partial charge >= 0.3 is 0 Å². The fourth-order valence-electron chi connectivity index (χ4n) is 4.68. The molecule has 0 bridgehead atoms. The molecule has 0 amide bonds. The number of fused-ring (bicyclic) bond motifs is 2. The van der Waals surface area contributed by atoms with Crippen LogP contribution in [0, 0.1) is 0 Å². The highest BCUT2D eigenvalue weighted by atomic mass is 16.5. The number of nitrogens with zero attached hydrogens (tertiary/aromatic N) is 2. The second-order valence-corrected chi connectivity index (χ2v) is 8.33. The van der Waals surface area contributed by atoms with Crippen molar-refractivity contribution in [2.75, 3.05) is 23.4 Å². The van der Waals surface area contributed by atoms with Gasteiger partial charge < -0.3 is 19.4 Å². The molecule has 1 atom stereocenters. The predicted molar refractivity (Wildman–Crippen MR) is 129 cm³/mol. The molecule has 0 aliphatic carbocycles. The fraction of sp³-hybridized carbons (Fsp3) is 0.222. The first kappa shape index (κ1) is 19.1. The zero-order valence-corrected chi connectivity index (χ0v) is 17.8. The van der Waals surface area contributed by atoms with Crippen LogP contribution in [0.2, 0.25) is 0 Å². The van der Waals surface area contributed by atoms with E-state index in [2.05, 4.69) is 69.8 Å². The minimum atomic E-state index is 0.0900. The van der Waals surface area contributed by atoms with Crippen molar-refractivity contribution in [1.29, 1.82) is 0 Å². The predicted octanol–water partition coefficient (Wildman–Crippen LogP) is 5.95. The largest absolute Gasteiger partial charge is 0.436 e. The van der Waals surface area contributed by atoms with Crippen LogP contribution in [0.4, 0.5) is 11.4 Å².